The van der Waals surface area contributed by atoms with Crippen LogP contribution in [-0.2, 0) is 0 Å². The molecule has 0 saturated heterocycles. The molecule has 0 aromatic heterocycles. The lowest BCUT2D eigenvalue weighted by atomic mass is 10.1. The smallest absolute Gasteiger partial charge is 0.318 e. The minimum atomic E-state index is -1.99. The molecule has 4 nitrogen and oxygen atoms in total. The van der Waals surface area contributed by atoms with Gasteiger partial charge in [0.05, 0.1) is 0 Å². The van der Waals surface area contributed by atoms with Gasteiger partial charge in [-0.2, -0.15) is 0 Å². The van der Waals surface area contributed by atoms with Crippen molar-refractivity contribution in [2.75, 3.05) is 0 Å². The van der Waals surface area contributed by atoms with Gasteiger partial charge in [0, 0.05) is 11.1 Å². The Morgan fingerprint density at radius 3 is 2.53 bits per heavy atom. The summed E-state index contributed by atoms with van der Waals surface area (Å²) in [6, 6.07) is 14.1. The van der Waals surface area contributed by atoms with E-state index in [1.165, 1.54) is 0 Å². The zero-order valence-electron chi connectivity index (χ0n) is 9.83. The minimum absolute atomic E-state index is 0.270. The number of carbonyl (C=O) groups excluding carboxylic acids is 1. The summed E-state index contributed by atoms with van der Waals surface area (Å²) in [6.07, 6.45) is 0. The molecular formula is C15H9NO3. The molecule has 2 aliphatic rings. The third-order valence-electron chi connectivity index (χ3n) is 3.41. The van der Waals surface area contributed by atoms with E-state index in [2.05, 4.69) is 4.99 Å². The van der Waals surface area contributed by atoms with Crippen molar-refractivity contribution in [3.05, 3.63) is 59.7 Å². The number of rotatable bonds is 0. The van der Waals surface area contributed by atoms with Crippen LogP contribution in [0.4, 0.5) is 5.69 Å². The van der Waals surface area contributed by atoms with Gasteiger partial charge in [0.1, 0.15) is 17.1 Å². The molecule has 0 amide bonds. The number of hydrogen-bond donors (Lipinski definition) is 1. The fraction of sp³-hybridized carbons (Fsp3) is 0.0667. The number of fused-ring (bicyclic) bond motifs is 4. The Kier molecular flexibility index (Phi) is 1.82. The van der Waals surface area contributed by atoms with Crippen molar-refractivity contribution >= 4 is 17.2 Å². The Labute approximate surface area is 109 Å². The fourth-order valence-corrected chi connectivity index (χ4v) is 2.51. The van der Waals surface area contributed by atoms with Crippen LogP contribution in [0.5, 0.6) is 5.75 Å². The predicted molar refractivity (Wildman–Crippen MR) is 69.0 cm³/mol. The Bertz CT molecular complexity index is 751. The first-order chi connectivity index (χ1) is 9.20. The zero-order valence-corrected chi connectivity index (χ0v) is 9.83. The molecule has 0 bridgehead atoms. The van der Waals surface area contributed by atoms with Crippen molar-refractivity contribution in [2.45, 2.75) is 5.79 Å². The normalized spacial score (nSPS) is 23.0. The first-order valence-corrected chi connectivity index (χ1v) is 5.94. The molecular weight excluding hydrogens is 242 g/mol. The summed E-state index contributed by atoms with van der Waals surface area (Å²) in [5.74, 6) is -2.04. The van der Waals surface area contributed by atoms with Gasteiger partial charge in [-0.25, -0.2) is 4.99 Å². The molecule has 0 fully saturated rings. The zero-order chi connectivity index (χ0) is 13.0. The predicted octanol–water partition coefficient (Wildman–Crippen LogP) is 2.08. The van der Waals surface area contributed by atoms with Crippen LogP contribution in [0.25, 0.3) is 0 Å². The van der Waals surface area contributed by atoms with Gasteiger partial charge in [-0.1, -0.05) is 36.4 Å². The minimum Gasteiger partial charge on any atom is -0.447 e. The Morgan fingerprint density at radius 2 is 1.68 bits per heavy atom. The van der Waals surface area contributed by atoms with Crippen molar-refractivity contribution in [2.24, 2.45) is 4.99 Å². The first kappa shape index (κ1) is 10.5. The molecule has 19 heavy (non-hydrogen) atoms. The largest absolute Gasteiger partial charge is 0.447 e. The monoisotopic (exact) mass is 251 g/mol. The van der Waals surface area contributed by atoms with E-state index in [0.717, 1.165) is 0 Å². The standard InChI is InChI=1S/C15H9NO3/c17-14-10-6-2-1-5-9(10)13-15(14,18)19-12-8-4-3-7-11(12)16-13/h1-8,18H/t15-/m0/s1. The van der Waals surface area contributed by atoms with Crippen molar-refractivity contribution in [3.63, 3.8) is 0 Å². The van der Waals surface area contributed by atoms with Gasteiger partial charge in [-0.3, -0.25) is 4.79 Å². The number of aliphatic imine (C=N–C) groups is 1. The van der Waals surface area contributed by atoms with Gasteiger partial charge in [0.15, 0.2) is 0 Å². The van der Waals surface area contributed by atoms with E-state index in [-0.39, 0.29) is 5.71 Å². The summed E-state index contributed by atoms with van der Waals surface area (Å²) in [6.45, 7) is 0. The topological polar surface area (TPSA) is 58.9 Å². The second-order valence-corrected chi connectivity index (χ2v) is 4.55. The van der Waals surface area contributed by atoms with Gasteiger partial charge in [0.2, 0.25) is 5.78 Å². The lowest BCUT2D eigenvalue weighted by Crippen LogP contribution is -2.48. The van der Waals surface area contributed by atoms with E-state index in [0.29, 0.717) is 22.6 Å². The molecule has 0 radical (unpaired) electrons. The van der Waals surface area contributed by atoms with Crippen LogP contribution in [0.3, 0.4) is 0 Å². The average Bonchev–Trinajstić information content (AvgIpc) is 2.66. The van der Waals surface area contributed by atoms with E-state index >= 15 is 0 Å². The van der Waals surface area contributed by atoms with Crippen molar-refractivity contribution < 1.29 is 14.6 Å². The molecule has 0 saturated carbocycles. The number of carbonyl (C=O) groups is 1. The molecule has 4 heteroatoms. The van der Waals surface area contributed by atoms with Crippen molar-refractivity contribution in [1.82, 2.24) is 0 Å². The second-order valence-electron chi connectivity index (χ2n) is 4.55. The van der Waals surface area contributed by atoms with Crippen molar-refractivity contribution in [3.8, 4) is 5.75 Å². The maximum absolute atomic E-state index is 12.3. The van der Waals surface area contributed by atoms with Crippen LogP contribution in [0.2, 0.25) is 0 Å². The van der Waals surface area contributed by atoms with E-state index in [1.54, 1.807) is 42.5 Å². The summed E-state index contributed by atoms with van der Waals surface area (Å²) in [5.41, 5.74) is 1.96. The molecule has 1 atom stereocenters. The van der Waals surface area contributed by atoms with Crippen LogP contribution in [0.15, 0.2) is 53.5 Å². The molecule has 92 valence electrons. The summed E-state index contributed by atoms with van der Waals surface area (Å²) in [4.78, 5) is 16.7. The van der Waals surface area contributed by atoms with Gasteiger partial charge in [-0.15, -0.1) is 0 Å². The molecule has 4 rings (SSSR count). The SMILES string of the molecule is O=C1c2ccccc2C2=Nc3ccccc3O[C@]12O. The van der Waals surface area contributed by atoms with Gasteiger partial charge in [-0.05, 0) is 12.1 Å². The molecule has 2 aromatic carbocycles. The number of ketones is 1. The van der Waals surface area contributed by atoms with Gasteiger partial charge >= 0.3 is 5.79 Å². The van der Waals surface area contributed by atoms with Crippen LogP contribution in [-0.4, -0.2) is 22.4 Å². The van der Waals surface area contributed by atoms with Crippen LogP contribution in [0, 0.1) is 0 Å². The second kappa shape index (κ2) is 3.30. The Morgan fingerprint density at radius 1 is 1.00 bits per heavy atom. The molecule has 1 heterocycles. The molecule has 0 spiro atoms. The molecule has 1 aliphatic heterocycles. The number of Topliss-reactive ketones (excluding diaryl/α,β-unsaturated/α-hetero) is 1. The van der Waals surface area contributed by atoms with Crippen molar-refractivity contribution in [1.29, 1.82) is 0 Å². The summed E-state index contributed by atoms with van der Waals surface area (Å²) in [5, 5.41) is 10.5. The number of aliphatic hydroxyl groups is 1. The molecule has 1 aliphatic carbocycles. The van der Waals surface area contributed by atoms with E-state index in [4.69, 9.17) is 4.74 Å². The lowest BCUT2D eigenvalue weighted by Gasteiger charge is -2.27. The summed E-state index contributed by atoms with van der Waals surface area (Å²) >= 11 is 0. The highest BCUT2D eigenvalue weighted by Crippen LogP contribution is 2.41. The number of nitrogens with zero attached hydrogens (tertiary/aromatic N) is 1. The fourth-order valence-electron chi connectivity index (χ4n) is 2.51. The van der Waals surface area contributed by atoms with Gasteiger partial charge < -0.3 is 9.84 Å². The first-order valence-electron chi connectivity index (χ1n) is 5.94. The highest BCUT2D eigenvalue weighted by atomic mass is 16.6. The van der Waals surface area contributed by atoms with Crippen LogP contribution < -0.4 is 4.74 Å². The highest BCUT2D eigenvalue weighted by molar-refractivity contribution is 6.33. The molecule has 2 aromatic rings. The Balaban J connectivity index is 2.03. The number of ether oxygens (including phenoxy) is 1. The highest BCUT2D eigenvalue weighted by Gasteiger charge is 2.54. The molecule has 1 N–H and O–H groups in total. The van der Waals surface area contributed by atoms with Gasteiger partial charge in [0.25, 0.3) is 0 Å². The Hall–Kier alpha value is -2.46. The third-order valence-corrected chi connectivity index (χ3v) is 3.41. The van der Waals surface area contributed by atoms with Crippen LogP contribution in [0.1, 0.15) is 15.9 Å². The van der Waals surface area contributed by atoms with Crippen LogP contribution >= 0.6 is 0 Å². The maximum atomic E-state index is 12.3. The number of benzene rings is 2. The maximum Gasteiger partial charge on any atom is 0.318 e. The number of para-hydroxylation sites is 2. The quantitative estimate of drug-likeness (QED) is 0.779. The van der Waals surface area contributed by atoms with E-state index in [1.807, 2.05) is 6.07 Å². The third kappa shape index (κ3) is 1.21. The summed E-state index contributed by atoms with van der Waals surface area (Å²) < 4.78 is 5.51. The van der Waals surface area contributed by atoms with E-state index in [9.17, 15) is 9.90 Å². The summed E-state index contributed by atoms with van der Waals surface area (Å²) in [7, 11) is 0. The molecule has 0 unspecified atom stereocenters. The lowest BCUT2D eigenvalue weighted by molar-refractivity contribution is -0.0458. The average molecular weight is 251 g/mol. The number of hydrogen-bond acceptors (Lipinski definition) is 4. The van der Waals surface area contributed by atoms with E-state index < -0.39 is 11.6 Å².